The second kappa shape index (κ2) is 8.51. The summed E-state index contributed by atoms with van der Waals surface area (Å²) in [5, 5.41) is 9.81. The van der Waals surface area contributed by atoms with Crippen LogP contribution in [0.15, 0.2) is 18.2 Å². The van der Waals surface area contributed by atoms with Crippen LogP contribution in [0.1, 0.15) is 10.4 Å². The van der Waals surface area contributed by atoms with Crippen LogP contribution in [0.4, 0.5) is 0 Å². The Morgan fingerprint density at radius 3 is 2.68 bits per heavy atom. The molecule has 4 nitrogen and oxygen atoms in total. The lowest BCUT2D eigenvalue weighted by Gasteiger charge is -2.20. The maximum atomic E-state index is 12.1. The van der Waals surface area contributed by atoms with Crippen molar-refractivity contribution in [3.05, 3.63) is 33.8 Å². The van der Waals surface area contributed by atoms with Crippen LogP contribution in [0.3, 0.4) is 0 Å². The number of benzene rings is 1. The van der Waals surface area contributed by atoms with Gasteiger partial charge < -0.3 is 9.84 Å². The Hall–Kier alpha value is -0.650. The molecule has 0 aliphatic rings. The minimum absolute atomic E-state index is 0.00859. The number of nitrogens with zero attached hydrogens (tertiary/aromatic N) is 1. The number of carbonyl (C=O) groups is 1. The second-order valence-electron chi connectivity index (χ2n) is 4.04. The van der Waals surface area contributed by atoms with Gasteiger partial charge in [0, 0.05) is 30.8 Å². The van der Waals surface area contributed by atoms with Crippen LogP contribution < -0.4 is 0 Å². The minimum Gasteiger partial charge on any atom is -0.395 e. The number of hydrogen-bond donors (Lipinski definition) is 1. The normalized spacial score (nSPS) is 11.0. The number of aliphatic hydroxyl groups is 1. The Bertz CT molecular complexity index is 426. The predicted molar refractivity (Wildman–Crippen MR) is 76.2 cm³/mol. The Labute approximate surface area is 122 Å². The molecule has 0 atom stereocenters. The third kappa shape index (κ3) is 5.47. The topological polar surface area (TPSA) is 49.8 Å². The summed E-state index contributed by atoms with van der Waals surface area (Å²) >= 11 is 11.8. The lowest BCUT2D eigenvalue weighted by atomic mass is 10.1. The van der Waals surface area contributed by atoms with E-state index < -0.39 is 0 Å². The van der Waals surface area contributed by atoms with E-state index in [1.165, 1.54) is 0 Å². The van der Waals surface area contributed by atoms with Gasteiger partial charge >= 0.3 is 0 Å². The molecule has 1 aromatic rings. The monoisotopic (exact) mass is 305 g/mol. The van der Waals surface area contributed by atoms with Gasteiger partial charge in [0.25, 0.3) is 0 Å². The molecule has 0 saturated carbocycles. The molecule has 106 valence electrons. The molecule has 1 aromatic carbocycles. The fourth-order valence-corrected chi connectivity index (χ4v) is 2.15. The van der Waals surface area contributed by atoms with Gasteiger partial charge in [-0.2, -0.15) is 0 Å². The molecule has 0 bridgehead atoms. The number of aliphatic hydroxyl groups excluding tert-OH is 1. The first-order valence-corrected chi connectivity index (χ1v) is 6.64. The third-order valence-corrected chi connectivity index (χ3v) is 3.17. The number of rotatable bonds is 8. The predicted octanol–water partition coefficient (Wildman–Crippen LogP) is 2.12. The van der Waals surface area contributed by atoms with Crippen LogP contribution in [0.2, 0.25) is 10.0 Å². The van der Waals surface area contributed by atoms with Crippen LogP contribution in [0.5, 0.6) is 0 Å². The van der Waals surface area contributed by atoms with Crippen LogP contribution in [-0.2, 0) is 4.74 Å². The van der Waals surface area contributed by atoms with E-state index in [0.717, 1.165) is 0 Å². The lowest BCUT2D eigenvalue weighted by Crippen LogP contribution is -2.35. The van der Waals surface area contributed by atoms with Crippen molar-refractivity contribution >= 4 is 29.0 Å². The fourth-order valence-electron chi connectivity index (χ4n) is 1.64. The molecule has 0 aromatic heterocycles. The first kappa shape index (κ1) is 16.4. The van der Waals surface area contributed by atoms with E-state index in [0.29, 0.717) is 35.3 Å². The van der Waals surface area contributed by atoms with E-state index in [1.807, 2.05) is 4.90 Å². The van der Waals surface area contributed by atoms with Crippen molar-refractivity contribution in [3.63, 3.8) is 0 Å². The van der Waals surface area contributed by atoms with Gasteiger partial charge in [0.15, 0.2) is 5.78 Å². The zero-order chi connectivity index (χ0) is 14.3. The van der Waals surface area contributed by atoms with Crippen molar-refractivity contribution in [3.8, 4) is 0 Å². The quantitative estimate of drug-likeness (QED) is 0.748. The summed E-state index contributed by atoms with van der Waals surface area (Å²) in [6.45, 7) is 1.67. The second-order valence-corrected chi connectivity index (χ2v) is 4.88. The number of halogens is 2. The first-order chi connectivity index (χ1) is 9.08. The van der Waals surface area contributed by atoms with Gasteiger partial charge in [0.05, 0.1) is 24.8 Å². The van der Waals surface area contributed by atoms with Crippen molar-refractivity contribution in [2.24, 2.45) is 0 Å². The minimum atomic E-state index is -0.105. The summed E-state index contributed by atoms with van der Waals surface area (Å²) < 4.78 is 4.97. The first-order valence-electron chi connectivity index (χ1n) is 5.89. The van der Waals surface area contributed by atoms with Gasteiger partial charge in [-0.15, -0.1) is 0 Å². The van der Waals surface area contributed by atoms with E-state index in [2.05, 4.69) is 0 Å². The van der Waals surface area contributed by atoms with Crippen molar-refractivity contribution in [2.45, 2.75) is 0 Å². The van der Waals surface area contributed by atoms with Crippen molar-refractivity contribution < 1.29 is 14.6 Å². The molecular weight excluding hydrogens is 289 g/mol. The van der Waals surface area contributed by atoms with E-state index >= 15 is 0 Å². The molecule has 0 aliphatic heterocycles. The number of carbonyl (C=O) groups excluding carboxylic acids is 1. The average molecular weight is 306 g/mol. The number of Topliss-reactive ketones (excluding diaryl/α,β-unsaturated/α-hetero) is 1. The number of hydrogen-bond acceptors (Lipinski definition) is 4. The van der Waals surface area contributed by atoms with Crippen LogP contribution >= 0.6 is 23.2 Å². The molecule has 0 spiro atoms. The summed E-state index contributed by atoms with van der Waals surface area (Å²) in [6.07, 6.45) is 0. The van der Waals surface area contributed by atoms with E-state index in [1.54, 1.807) is 25.3 Å². The molecule has 6 heteroatoms. The molecule has 0 saturated heterocycles. The van der Waals surface area contributed by atoms with Crippen molar-refractivity contribution in [2.75, 3.05) is 40.0 Å². The highest BCUT2D eigenvalue weighted by Crippen LogP contribution is 2.21. The Kier molecular flexibility index (Phi) is 7.34. The maximum Gasteiger partial charge on any atom is 0.178 e. The Morgan fingerprint density at radius 1 is 1.37 bits per heavy atom. The summed E-state index contributed by atoms with van der Waals surface area (Å²) in [5.41, 5.74) is 0.437. The molecule has 0 unspecified atom stereocenters. The lowest BCUT2D eigenvalue weighted by molar-refractivity contribution is 0.0869. The standard InChI is InChI=1S/C13H17Cl2NO3/c1-19-7-5-16(4-6-17)9-13(18)11-3-2-10(14)8-12(11)15/h2-3,8,17H,4-7,9H2,1H3. The van der Waals surface area contributed by atoms with Crippen LogP contribution in [0.25, 0.3) is 0 Å². The van der Waals surface area contributed by atoms with Gasteiger partial charge in [-0.05, 0) is 18.2 Å². The molecule has 1 N–H and O–H groups in total. The highest BCUT2D eigenvalue weighted by Gasteiger charge is 2.15. The Morgan fingerprint density at radius 2 is 2.11 bits per heavy atom. The molecule has 0 amide bonds. The van der Waals surface area contributed by atoms with E-state index in [4.69, 9.17) is 33.0 Å². The highest BCUT2D eigenvalue weighted by atomic mass is 35.5. The summed E-state index contributed by atoms with van der Waals surface area (Å²) in [7, 11) is 1.59. The molecule has 0 heterocycles. The molecular formula is C13H17Cl2NO3. The zero-order valence-corrected chi connectivity index (χ0v) is 12.2. The maximum absolute atomic E-state index is 12.1. The van der Waals surface area contributed by atoms with Crippen molar-refractivity contribution in [1.82, 2.24) is 4.90 Å². The van der Waals surface area contributed by atoms with Gasteiger partial charge in [0.1, 0.15) is 0 Å². The van der Waals surface area contributed by atoms with Crippen LogP contribution in [0, 0.1) is 0 Å². The van der Waals surface area contributed by atoms with Gasteiger partial charge in [-0.3, -0.25) is 9.69 Å². The number of ketones is 1. The molecule has 0 radical (unpaired) electrons. The molecule has 1 rings (SSSR count). The number of methoxy groups -OCH3 is 1. The smallest absolute Gasteiger partial charge is 0.178 e. The van der Waals surface area contributed by atoms with Gasteiger partial charge in [-0.25, -0.2) is 0 Å². The third-order valence-electron chi connectivity index (χ3n) is 2.63. The molecule has 0 fully saturated rings. The zero-order valence-electron chi connectivity index (χ0n) is 10.7. The Balaban J connectivity index is 2.69. The fraction of sp³-hybridized carbons (Fsp3) is 0.462. The van der Waals surface area contributed by atoms with Gasteiger partial charge in [-0.1, -0.05) is 23.2 Å². The highest BCUT2D eigenvalue weighted by molar-refractivity contribution is 6.36. The molecule has 19 heavy (non-hydrogen) atoms. The average Bonchev–Trinajstić information content (AvgIpc) is 2.36. The number of ether oxygens (including phenoxy) is 1. The SMILES string of the molecule is COCCN(CCO)CC(=O)c1ccc(Cl)cc1Cl. The summed E-state index contributed by atoms with van der Waals surface area (Å²) in [6, 6.07) is 4.79. The molecule has 0 aliphatic carbocycles. The van der Waals surface area contributed by atoms with E-state index in [-0.39, 0.29) is 18.9 Å². The largest absolute Gasteiger partial charge is 0.395 e. The summed E-state index contributed by atoms with van der Waals surface area (Å²) in [4.78, 5) is 13.9. The van der Waals surface area contributed by atoms with Gasteiger partial charge in [0.2, 0.25) is 0 Å². The van der Waals surface area contributed by atoms with Crippen molar-refractivity contribution in [1.29, 1.82) is 0 Å². The van der Waals surface area contributed by atoms with Crippen LogP contribution in [-0.4, -0.2) is 55.7 Å². The summed E-state index contributed by atoms with van der Waals surface area (Å²) in [5.74, 6) is -0.105. The van der Waals surface area contributed by atoms with E-state index in [9.17, 15) is 4.79 Å².